The standard InChI is InChI=1S/C14H21N3O2S/c15-14-6-3-8-16(11-14)20(18,19)17-9-7-12-4-1-2-5-13(12)10-17/h1-2,4-5,14H,3,6-11,15H2/t14-/m1/s1. The van der Waals surface area contributed by atoms with Crippen molar-refractivity contribution < 1.29 is 8.42 Å². The molecule has 20 heavy (non-hydrogen) atoms. The van der Waals surface area contributed by atoms with Crippen molar-refractivity contribution in [2.75, 3.05) is 19.6 Å². The van der Waals surface area contributed by atoms with Gasteiger partial charge in [0.25, 0.3) is 10.2 Å². The number of nitrogens with zero attached hydrogens (tertiary/aromatic N) is 2. The summed E-state index contributed by atoms with van der Waals surface area (Å²) in [5.41, 5.74) is 8.28. The van der Waals surface area contributed by atoms with Crippen molar-refractivity contribution in [2.45, 2.75) is 31.8 Å². The lowest BCUT2D eigenvalue weighted by Crippen LogP contribution is -2.52. The van der Waals surface area contributed by atoms with Crippen LogP contribution in [0.15, 0.2) is 24.3 Å². The summed E-state index contributed by atoms with van der Waals surface area (Å²) in [4.78, 5) is 0. The average molecular weight is 295 g/mol. The maximum atomic E-state index is 12.7. The van der Waals surface area contributed by atoms with Crippen molar-refractivity contribution >= 4 is 10.2 Å². The third-order valence-corrected chi connectivity index (χ3v) is 6.12. The summed E-state index contributed by atoms with van der Waals surface area (Å²) in [7, 11) is -3.37. The third-order valence-electron chi connectivity index (χ3n) is 4.17. The molecule has 2 N–H and O–H groups in total. The second kappa shape index (κ2) is 5.44. The number of piperidine rings is 1. The molecule has 1 aromatic carbocycles. The Morgan fingerprint density at radius 2 is 1.85 bits per heavy atom. The molecule has 0 saturated carbocycles. The van der Waals surface area contributed by atoms with E-state index < -0.39 is 10.2 Å². The topological polar surface area (TPSA) is 66.6 Å². The number of hydrogen-bond donors (Lipinski definition) is 1. The van der Waals surface area contributed by atoms with Gasteiger partial charge in [-0.25, -0.2) is 0 Å². The Kier molecular flexibility index (Phi) is 3.81. The molecule has 110 valence electrons. The molecular weight excluding hydrogens is 274 g/mol. The van der Waals surface area contributed by atoms with Crippen LogP contribution in [0, 0.1) is 0 Å². The van der Waals surface area contributed by atoms with Crippen LogP contribution in [0.3, 0.4) is 0 Å². The van der Waals surface area contributed by atoms with Crippen molar-refractivity contribution in [1.29, 1.82) is 0 Å². The number of nitrogens with two attached hydrogens (primary N) is 1. The zero-order valence-corrected chi connectivity index (χ0v) is 12.3. The molecule has 0 aromatic heterocycles. The van der Waals surface area contributed by atoms with Gasteiger partial charge in [-0.3, -0.25) is 0 Å². The van der Waals surface area contributed by atoms with Crippen molar-refractivity contribution in [2.24, 2.45) is 5.73 Å². The van der Waals surface area contributed by atoms with Crippen LogP contribution in [-0.2, 0) is 23.2 Å². The van der Waals surface area contributed by atoms with E-state index in [1.54, 1.807) is 8.61 Å². The molecule has 1 aromatic rings. The fourth-order valence-electron chi connectivity index (χ4n) is 3.01. The number of rotatable bonds is 2. The average Bonchev–Trinajstić information content (AvgIpc) is 2.46. The Morgan fingerprint density at radius 3 is 2.60 bits per heavy atom. The van der Waals surface area contributed by atoms with E-state index in [0.717, 1.165) is 24.8 Å². The fourth-order valence-corrected chi connectivity index (χ4v) is 4.70. The van der Waals surface area contributed by atoms with Crippen LogP contribution in [-0.4, -0.2) is 42.7 Å². The van der Waals surface area contributed by atoms with Gasteiger partial charge in [0.1, 0.15) is 0 Å². The minimum Gasteiger partial charge on any atom is -0.327 e. The van der Waals surface area contributed by atoms with E-state index in [2.05, 4.69) is 6.07 Å². The zero-order chi connectivity index (χ0) is 14.2. The van der Waals surface area contributed by atoms with Crippen LogP contribution < -0.4 is 5.73 Å². The maximum Gasteiger partial charge on any atom is 0.282 e. The second-order valence-electron chi connectivity index (χ2n) is 5.62. The first kappa shape index (κ1) is 14.0. The molecule has 5 nitrogen and oxygen atoms in total. The van der Waals surface area contributed by atoms with E-state index in [0.29, 0.717) is 26.2 Å². The smallest absolute Gasteiger partial charge is 0.282 e. The predicted octanol–water partition coefficient (Wildman–Crippen LogP) is 0.713. The van der Waals surface area contributed by atoms with Crippen molar-refractivity contribution in [3.63, 3.8) is 0 Å². The molecular formula is C14H21N3O2S. The Morgan fingerprint density at radius 1 is 1.10 bits per heavy atom. The van der Waals surface area contributed by atoms with E-state index >= 15 is 0 Å². The Labute approximate surface area is 120 Å². The largest absolute Gasteiger partial charge is 0.327 e. The van der Waals surface area contributed by atoms with Crippen LogP contribution in [0.2, 0.25) is 0 Å². The summed E-state index contributed by atoms with van der Waals surface area (Å²) in [6.07, 6.45) is 2.55. The van der Waals surface area contributed by atoms with Crippen LogP contribution >= 0.6 is 0 Å². The highest BCUT2D eigenvalue weighted by molar-refractivity contribution is 7.86. The minimum absolute atomic E-state index is 0.0319. The highest BCUT2D eigenvalue weighted by Crippen LogP contribution is 2.24. The molecule has 0 radical (unpaired) electrons. The first-order valence-electron chi connectivity index (χ1n) is 7.15. The van der Waals surface area contributed by atoms with Crippen molar-refractivity contribution in [3.05, 3.63) is 35.4 Å². The van der Waals surface area contributed by atoms with Gasteiger partial charge in [0, 0.05) is 32.2 Å². The zero-order valence-electron chi connectivity index (χ0n) is 11.5. The number of fused-ring (bicyclic) bond motifs is 1. The van der Waals surface area contributed by atoms with Gasteiger partial charge in [-0.2, -0.15) is 17.0 Å². The molecule has 0 spiro atoms. The molecule has 0 aliphatic carbocycles. The van der Waals surface area contributed by atoms with Crippen molar-refractivity contribution in [3.8, 4) is 0 Å². The summed E-state index contributed by atoms with van der Waals surface area (Å²) < 4.78 is 28.5. The fraction of sp³-hybridized carbons (Fsp3) is 0.571. The second-order valence-corrected chi connectivity index (χ2v) is 7.55. The van der Waals surface area contributed by atoms with E-state index in [-0.39, 0.29) is 6.04 Å². The van der Waals surface area contributed by atoms with E-state index in [1.165, 1.54) is 5.56 Å². The molecule has 0 amide bonds. The van der Waals surface area contributed by atoms with Gasteiger partial charge in [0.15, 0.2) is 0 Å². The van der Waals surface area contributed by atoms with Gasteiger partial charge >= 0.3 is 0 Å². The molecule has 2 heterocycles. The third kappa shape index (κ3) is 2.61. The van der Waals surface area contributed by atoms with Crippen molar-refractivity contribution in [1.82, 2.24) is 8.61 Å². The first-order chi connectivity index (χ1) is 9.57. The molecule has 2 aliphatic rings. The predicted molar refractivity (Wildman–Crippen MR) is 78.3 cm³/mol. The quantitative estimate of drug-likeness (QED) is 0.874. The van der Waals surface area contributed by atoms with E-state index in [1.807, 2.05) is 18.2 Å². The van der Waals surface area contributed by atoms with Crippen LogP contribution in [0.4, 0.5) is 0 Å². The molecule has 3 rings (SSSR count). The lowest BCUT2D eigenvalue weighted by atomic mass is 10.0. The SMILES string of the molecule is N[C@@H]1CCCN(S(=O)(=O)N2CCc3ccccc3C2)C1. The van der Waals surface area contributed by atoms with Gasteiger partial charge in [-0.05, 0) is 30.4 Å². The van der Waals surface area contributed by atoms with Crippen LogP contribution in [0.25, 0.3) is 0 Å². The normalized spacial score (nSPS) is 25.4. The van der Waals surface area contributed by atoms with Gasteiger partial charge in [-0.1, -0.05) is 24.3 Å². The van der Waals surface area contributed by atoms with Crippen LogP contribution in [0.1, 0.15) is 24.0 Å². The van der Waals surface area contributed by atoms with E-state index in [4.69, 9.17) is 5.73 Å². The summed E-state index contributed by atoms with van der Waals surface area (Å²) in [6, 6.07) is 8.03. The minimum atomic E-state index is -3.37. The summed E-state index contributed by atoms with van der Waals surface area (Å²) >= 11 is 0. The Bertz CT molecular complexity index is 588. The molecule has 1 atom stereocenters. The summed E-state index contributed by atoms with van der Waals surface area (Å²) in [5, 5.41) is 0. The Hall–Kier alpha value is -0.950. The monoisotopic (exact) mass is 295 g/mol. The molecule has 0 bridgehead atoms. The molecule has 2 aliphatic heterocycles. The number of benzene rings is 1. The first-order valence-corrected chi connectivity index (χ1v) is 8.54. The molecule has 1 saturated heterocycles. The molecule has 1 fully saturated rings. The molecule has 0 unspecified atom stereocenters. The van der Waals surface area contributed by atoms with E-state index in [9.17, 15) is 8.42 Å². The van der Waals surface area contributed by atoms with Gasteiger partial charge in [-0.15, -0.1) is 0 Å². The van der Waals surface area contributed by atoms with Crippen LogP contribution in [0.5, 0.6) is 0 Å². The lowest BCUT2D eigenvalue weighted by Gasteiger charge is -2.36. The summed E-state index contributed by atoms with van der Waals surface area (Å²) in [6.45, 7) is 2.07. The highest BCUT2D eigenvalue weighted by atomic mass is 32.2. The number of hydrogen-bond acceptors (Lipinski definition) is 3. The van der Waals surface area contributed by atoms with Gasteiger partial charge in [0.05, 0.1) is 0 Å². The Balaban J connectivity index is 1.79. The lowest BCUT2D eigenvalue weighted by molar-refractivity contribution is 0.277. The molecule has 6 heteroatoms. The summed E-state index contributed by atoms with van der Waals surface area (Å²) in [5.74, 6) is 0. The maximum absolute atomic E-state index is 12.7. The highest BCUT2D eigenvalue weighted by Gasteiger charge is 2.34. The van der Waals surface area contributed by atoms with Gasteiger partial charge < -0.3 is 5.73 Å². The van der Waals surface area contributed by atoms with Gasteiger partial charge in [0.2, 0.25) is 0 Å².